The van der Waals surface area contributed by atoms with Crippen molar-refractivity contribution in [3.8, 4) is 0 Å². The van der Waals surface area contributed by atoms with Crippen molar-refractivity contribution in [2.45, 2.75) is 19.5 Å². The lowest BCUT2D eigenvalue weighted by molar-refractivity contribution is -0.130. The third kappa shape index (κ3) is 3.51. The lowest BCUT2D eigenvalue weighted by Gasteiger charge is -2.18. The number of carbonyl (C=O) groups excluding carboxylic acids is 1. The Morgan fingerprint density at radius 2 is 2.06 bits per heavy atom. The molecular formula is C12H17ClN2O. The number of halogens is 1. The average molecular weight is 241 g/mol. The van der Waals surface area contributed by atoms with Crippen molar-refractivity contribution < 1.29 is 4.79 Å². The van der Waals surface area contributed by atoms with Crippen molar-refractivity contribution >= 4 is 17.5 Å². The molecule has 0 fully saturated rings. The van der Waals surface area contributed by atoms with Crippen molar-refractivity contribution in [2.24, 2.45) is 0 Å². The SMILES string of the molecule is C[C@@H](NCc1ccccc1Cl)C(=O)N(C)C. The van der Waals surface area contributed by atoms with Crippen LogP contribution in [-0.4, -0.2) is 30.9 Å². The summed E-state index contributed by atoms with van der Waals surface area (Å²) in [6, 6.07) is 7.41. The van der Waals surface area contributed by atoms with Gasteiger partial charge in [0.1, 0.15) is 0 Å². The molecule has 0 spiro atoms. The van der Waals surface area contributed by atoms with Gasteiger partial charge in [-0.2, -0.15) is 0 Å². The number of carbonyl (C=O) groups is 1. The molecule has 1 N–H and O–H groups in total. The van der Waals surface area contributed by atoms with Crippen LogP contribution in [-0.2, 0) is 11.3 Å². The third-order valence-electron chi connectivity index (χ3n) is 2.37. The monoisotopic (exact) mass is 240 g/mol. The fourth-order valence-corrected chi connectivity index (χ4v) is 1.58. The number of nitrogens with zero attached hydrogens (tertiary/aromatic N) is 1. The van der Waals surface area contributed by atoms with Crippen LogP contribution in [0, 0.1) is 0 Å². The Bertz CT molecular complexity index is 366. The molecule has 0 unspecified atom stereocenters. The van der Waals surface area contributed by atoms with Crippen molar-refractivity contribution in [1.82, 2.24) is 10.2 Å². The summed E-state index contributed by atoms with van der Waals surface area (Å²) in [6.45, 7) is 2.44. The first-order valence-electron chi connectivity index (χ1n) is 5.20. The van der Waals surface area contributed by atoms with E-state index in [9.17, 15) is 4.79 Å². The summed E-state index contributed by atoms with van der Waals surface area (Å²) in [6.07, 6.45) is 0. The van der Waals surface area contributed by atoms with Crippen LogP contribution >= 0.6 is 11.6 Å². The molecule has 0 aliphatic heterocycles. The van der Waals surface area contributed by atoms with E-state index >= 15 is 0 Å². The maximum atomic E-state index is 11.6. The zero-order valence-corrected chi connectivity index (χ0v) is 10.6. The normalized spacial score (nSPS) is 12.2. The van der Waals surface area contributed by atoms with Gasteiger partial charge in [0.25, 0.3) is 0 Å². The summed E-state index contributed by atoms with van der Waals surface area (Å²) in [4.78, 5) is 13.2. The first kappa shape index (κ1) is 13.0. The van der Waals surface area contributed by atoms with Crippen LogP contribution in [0.2, 0.25) is 5.02 Å². The molecule has 1 amide bonds. The summed E-state index contributed by atoms with van der Waals surface area (Å²) < 4.78 is 0. The standard InChI is InChI=1S/C12H17ClN2O/c1-9(12(16)15(2)3)14-8-10-6-4-5-7-11(10)13/h4-7,9,14H,8H2,1-3H3/t9-/m1/s1. The molecule has 1 aromatic carbocycles. The van der Waals surface area contributed by atoms with Gasteiger partial charge >= 0.3 is 0 Å². The topological polar surface area (TPSA) is 32.3 Å². The minimum Gasteiger partial charge on any atom is -0.347 e. The van der Waals surface area contributed by atoms with Crippen LogP contribution in [0.15, 0.2) is 24.3 Å². The first-order valence-corrected chi connectivity index (χ1v) is 5.58. The maximum Gasteiger partial charge on any atom is 0.238 e. The van der Waals surface area contributed by atoms with Crippen LogP contribution in [0.5, 0.6) is 0 Å². The van der Waals surface area contributed by atoms with Crippen LogP contribution in [0.25, 0.3) is 0 Å². The molecule has 0 bridgehead atoms. The molecule has 1 atom stereocenters. The van der Waals surface area contributed by atoms with E-state index < -0.39 is 0 Å². The zero-order valence-electron chi connectivity index (χ0n) is 9.83. The summed E-state index contributed by atoms with van der Waals surface area (Å²) >= 11 is 6.01. The Hall–Kier alpha value is -1.06. The van der Waals surface area contributed by atoms with Gasteiger partial charge in [-0.25, -0.2) is 0 Å². The summed E-state index contributed by atoms with van der Waals surface area (Å²) in [5.41, 5.74) is 1.00. The molecule has 0 aromatic heterocycles. The summed E-state index contributed by atoms with van der Waals surface area (Å²) in [5, 5.41) is 3.87. The van der Waals surface area contributed by atoms with Gasteiger partial charge in [0.05, 0.1) is 6.04 Å². The number of benzene rings is 1. The largest absolute Gasteiger partial charge is 0.347 e. The summed E-state index contributed by atoms with van der Waals surface area (Å²) in [7, 11) is 3.49. The molecule has 0 saturated heterocycles. The van der Waals surface area contributed by atoms with E-state index in [1.54, 1.807) is 19.0 Å². The zero-order chi connectivity index (χ0) is 12.1. The second-order valence-corrected chi connectivity index (χ2v) is 4.33. The van der Waals surface area contributed by atoms with Gasteiger partial charge in [0, 0.05) is 25.7 Å². The Labute approximate surface area is 101 Å². The number of hydrogen-bond acceptors (Lipinski definition) is 2. The van der Waals surface area contributed by atoms with Crippen molar-refractivity contribution in [1.29, 1.82) is 0 Å². The lowest BCUT2D eigenvalue weighted by atomic mass is 10.2. The number of likely N-dealkylation sites (N-methyl/N-ethyl adjacent to an activating group) is 1. The van der Waals surface area contributed by atoms with E-state index in [1.165, 1.54) is 0 Å². The Balaban J connectivity index is 2.52. The van der Waals surface area contributed by atoms with Crippen molar-refractivity contribution in [3.63, 3.8) is 0 Å². The fourth-order valence-electron chi connectivity index (χ4n) is 1.38. The van der Waals surface area contributed by atoms with Gasteiger partial charge in [0.15, 0.2) is 0 Å². The minimum atomic E-state index is -0.203. The summed E-state index contributed by atoms with van der Waals surface area (Å²) in [5.74, 6) is 0.0621. The third-order valence-corrected chi connectivity index (χ3v) is 2.74. The lowest BCUT2D eigenvalue weighted by Crippen LogP contribution is -2.41. The molecule has 4 heteroatoms. The van der Waals surface area contributed by atoms with E-state index in [4.69, 9.17) is 11.6 Å². The van der Waals surface area contributed by atoms with Gasteiger partial charge in [-0.1, -0.05) is 29.8 Å². The molecular weight excluding hydrogens is 224 g/mol. The van der Waals surface area contributed by atoms with E-state index in [1.807, 2.05) is 31.2 Å². The maximum absolute atomic E-state index is 11.6. The quantitative estimate of drug-likeness (QED) is 0.872. The number of nitrogens with one attached hydrogen (secondary N) is 1. The molecule has 0 saturated carbocycles. The predicted octanol–water partition coefficient (Wildman–Crippen LogP) is 1.91. The molecule has 3 nitrogen and oxygen atoms in total. The molecule has 1 aromatic rings. The van der Waals surface area contributed by atoms with E-state index in [0.29, 0.717) is 6.54 Å². The highest BCUT2D eigenvalue weighted by molar-refractivity contribution is 6.31. The average Bonchev–Trinajstić information content (AvgIpc) is 2.26. The van der Waals surface area contributed by atoms with Gasteiger partial charge in [-0.05, 0) is 18.6 Å². The second kappa shape index (κ2) is 5.87. The van der Waals surface area contributed by atoms with E-state index in [-0.39, 0.29) is 11.9 Å². The fraction of sp³-hybridized carbons (Fsp3) is 0.417. The van der Waals surface area contributed by atoms with Gasteiger partial charge in [-0.3, -0.25) is 4.79 Å². The number of amides is 1. The highest BCUT2D eigenvalue weighted by atomic mass is 35.5. The van der Waals surface area contributed by atoms with Crippen LogP contribution < -0.4 is 5.32 Å². The smallest absolute Gasteiger partial charge is 0.238 e. The van der Waals surface area contributed by atoms with Gasteiger partial charge in [0.2, 0.25) is 5.91 Å². The number of hydrogen-bond donors (Lipinski definition) is 1. The van der Waals surface area contributed by atoms with Gasteiger partial charge < -0.3 is 10.2 Å². The van der Waals surface area contributed by atoms with E-state index in [2.05, 4.69) is 5.32 Å². The molecule has 0 heterocycles. The predicted molar refractivity (Wildman–Crippen MR) is 66.4 cm³/mol. The highest BCUT2D eigenvalue weighted by Gasteiger charge is 2.13. The molecule has 1 rings (SSSR count). The minimum absolute atomic E-state index is 0.0621. The van der Waals surface area contributed by atoms with Crippen LogP contribution in [0.4, 0.5) is 0 Å². The van der Waals surface area contributed by atoms with Crippen LogP contribution in [0.1, 0.15) is 12.5 Å². The van der Waals surface area contributed by atoms with Crippen molar-refractivity contribution in [3.05, 3.63) is 34.9 Å². The Morgan fingerprint density at radius 3 is 2.62 bits per heavy atom. The first-order chi connectivity index (χ1) is 7.52. The Kier molecular flexibility index (Phi) is 4.77. The van der Waals surface area contributed by atoms with Crippen LogP contribution in [0.3, 0.4) is 0 Å². The molecule has 0 aliphatic carbocycles. The highest BCUT2D eigenvalue weighted by Crippen LogP contribution is 2.14. The van der Waals surface area contributed by atoms with Gasteiger partial charge in [-0.15, -0.1) is 0 Å². The second-order valence-electron chi connectivity index (χ2n) is 3.93. The molecule has 88 valence electrons. The molecule has 0 radical (unpaired) electrons. The Morgan fingerprint density at radius 1 is 1.44 bits per heavy atom. The molecule has 16 heavy (non-hydrogen) atoms. The number of rotatable bonds is 4. The van der Waals surface area contributed by atoms with Crippen molar-refractivity contribution in [2.75, 3.05) is 14.1 Å². The molecule has 0 aliphatic rings. The van der Waals surface area contributed by atoms with E-state index in [0.717, 1.165) is 10.6 Å².